The SMILES string of the molecule is C=CC[C@H]1OC(=O)C=C[C@H]1O. The quantitative estimate of drug-likeness (QED) is 0.462. The van der Waals surface area contributed by atoms with Gasteiger partial charge in [0.2, 0.25) is 0 Å². The van der Waals surface area contributed by atoms with Crippen LogP contribution < -0.4 is 0 Å². The van der Waals surface area contributed by atoms with Crippen molar-refractivity contribution in [3.63, 3.8) is 0 Å². The fourth-order valence-corrected chi connectivity index (χ4v) is 0.911. The second-order valence-electron chi connectivity index (χ2n) is 2.35. The number of carbonyl (C=O) groups is 1. The molecule has 1 aliphatic rings. The number of hydrogen-bond acceptors (Lipinski definition) is 3. The number of aliphatic hydroxyl groups excluding tert-OH is 1. The molecule has 0 radical (unpaired) electrons. The molecule has 0 bridgehead atoms. The van der Waals surface area contributed by atoms with Gasteiger partial charge in [0.05, 0.1) is 0 Å². The summed E-state index contributed by atoms with van der Waals surface area (Å²) in [6.45, 7) is 3.49. The fraction of sp³-hybridized carbons (Fsp3) is 0.375. The zero-order chi connectivity index (χ0) is 8.27. The van der Waals surface area contributed by atoms with Gasteiger partial charge in [0.1, 0.15) is 12.2 Å². The molecule has 3 heteroatoms. The Labute approximate surface area is 65.0 Å². The van der Waals surface area contributed by atoms with Crippen LogP contribution in [0, 0.1) is 0 Å². The molecule has 0 spiro atoms. The van der Waals surface area contributed by atoms with Crippen LogP contribution in [0.15, 0.2) is 24.8 Å². The molecule has 2 atom stereocenters. The predicted octanol–water partition coefficient (Wildman–Crippen LogP) is 0.405. The second-order valence-corrected chi connectivity index (χ2v) is 2.35. The summed E-state index contributed by atoms with van der Waals surface area (Å²) in [4.78, 5) is 10.6. The van der Waals surface area contributed by atoms with Gasteiger partial charge in [-0.2, -0.15) is 0 Å². The minimum atomic E-state index is -0.689. The van der Waals surface area contributed by atoms with E-state index >= 15 is 0 Å². The average Bonchev–Trinajstić information content (AvgIpc) is 1.98. The van der Waals surface area contributed by atoms with Gasteiger partial charge in [0.15, 0.2) is 0 Å². The molecule has 1 N–H and O–H groups in total. The minimum Gasteiger partial charge on any atom is -0.456 e. The Morgan fingerprint density at radius 3 is 3.18 bits per heavy atom. The molecule has 60 valence electrons. The Bertz CT molecular complexity index is 196. The van der Waals surface area contributed by atoms with Gasteiger partial charge in [-0.25, -0.2) is 4.79 Å². The van der Waals surface area contributed by atoms with Gasteiger partial charge >= 0.3 is 5.97 Å². The molecular formula is C8H10O3. The number of carbonyl (C=O) groups excluding carboxylic acids is 1. The van der Waals surface area contributed by atoms with Crippen molar-refractivity contribution in [1.82, 2.24) is 0 Å². The van der Waals surface area contributed by atoms with Gasteiger partial charge in [0.25, 0.3) is 0 Å². The Morgan fingerprint density at radius 2 is 2.55 bits per heavy atom. The van der Waals surface area contributed by atoms with E-state index < -0.39 is 18.2 Å². The van der Waals surface area contributed by atoms with Crippen LogP contribution in [0.1, 0.15) is 6.42 Å². The third kappa shape index (κ3) is 1.91. The molecule has 0 saturated heterocycles. The van der Waals surface area contributed by atoms with E-state index in [9.17, 15) is 9.90 Å². The van der Waals surface area contributed by atoms with Gasteiger partial charge in [-0.05, 0) is 6.08 Å². The Balaban J connectivity index is 2.59. The summed E-state index contributed by atoms with van der Waals surface area (Å²) in [5.74, 6) is -0.401. The maximum atomic E-state index is 10.6. The summed E-state index contributed by atoms with van der Waals surface area (Å²) in [5, 5.41) is 9.21. The highest BCUT2D eigenvalue weighted by Crippen LogP contribution is 2.11. The third-order valence-electron chi connectivity index (χ3n) is 1.48. The van der Waals surface area contributed by atoms with Crippen LogP contribution in [0.4, 0.5) is 0 Å². The molecule has 0 aliphatic carbocycles. The molecule has 0 aromatic rings. The number of cyclic esters (lactones) is 1. The lowest BCUT2D eigenvalue weighted by Gasteiger charge is -2.21. The van der Waals surface area contributed by atoms with Crippen LogP contribution in [0.25, 0.3) is 0 Å². The van der Waals surface area contributed by atoms with Crippen LogP contribution in [0.2, 0.25) is 0 Å². The van der Waals surface area contributed by atoms with Crippen molar-refractivity contribution in [3.05, 3.63) is 24.8 Å². The molecule has 1 aliphatic heterocycles. The lowest BCUT2D eigenvalue weighted by molar-refractivity contribution is -0.149. The second kappa shape index (κ2) is 3.34. The Hall–Kier alpha value is -1.09. The molecule has 0 saturated carbocycles. The minimum absolute atomic E-state index is 0.401. The van der Waals surface area contributed by atoms with E-state index in [1.165, 1.54) is 12.2 Å². The monoisotopic (exact) mass is 154 g/mol. The van der Waals surface area contributed by atoms with Crippen LogP contribution in [0.3, 0.4) is 0 Å². The molecule has 0 amide bonds. The Morgan fingerprint density at radius 1 is 1.82 bits per heavy atom. The van der Waals surface area contributed by atoms with Gasteiger partial charge in [0, 0.05) is 12.5 Å². The highest BCUT2D eigenvalue weighted by molar-refractivity contribution is 5.83. The largest absolute Gasteiger partial charge is 0.456 e. The van der Waals surface area contributed by atoms with Crippen LogP contribution in [-0.4, -0.2) is 23.3 Å². The zero-order valence-corrected chi connectivity index (χ0v) is 6.06. The fourth-order valence-electron chi connectivity index (χ4n) is 0.911. The smallest absolute Gasteiger partial charge is 0.330 e. The van der Waals surface area contributed by atoms with Crippen molar-refractivity contribution in [2.45, 2.75) is 18.6 Å². The van der Waals surface area contributed by atoms with Crippen molar-refractivity contribution in [2.75, 3.05) is 0 Å². The van der Waals surface area contributed by atoms with E-state index in [4.69, 9.17) is 4.74 Å². The molecule has 0 aromatic carbocycles. The maximum absolute atomic E-state index is 10.6. The van der Waals surface area contributed by atoms with E-state index in [1.807, 2.05) is 0 Å². The Kier molecular flexibility index (Phi) is 2.44. The molecule has 3 nitrogen and oxygen atoms in total. The number of ether oxygens (including phenoxy) is 1. The highest BCUT2D eigenvalue weighted by atomic mass is 16.6. The van der Waals surface area contributed by atoms with Gasteiger partial charge < -0.3 is 9.84 Å². The molecule has 0 aromatic heterocycles. The molecule has 0 fully saturated rings. The summed E-state index contributed by atoms with van der Waals surface area (Å²) < 4.78 is 4.79. The normalized spacial score (nSPS) is 29.7. The summed E-state index contributed by atoms with van der Waals surface area (Å²) in [5.41, 5.74) is 0. The van der Waals surface area contributed by atoms with Crippen molar-refractivity contribution >= 4 is 5.97 Å². The lowest BCUT2D eigenvalue weighted by Crippen LogP contribution is -2.32. The van der Waals surface area contributed by atoms with Gasteiger partial charge in [-0.15, -0.1) is 6.58 Å². The standard InChI is InChI=1S/C8H10O3/c1-2-3-7-6(9)4-5-8(10)11-7/h2,4-7,9H,1,3H2/t6-,7-/m1/s1. The van der Waals surface area contributed by atoms with E-state index in [0.717, 1.165) is 0 Å². The van der Waals surface area contributed by atoms with E-state index in [2.05, 4.69) is 6.58 Å². The maximum Gasteiger partial charge on any atom is 0.330 e. The summed E-state index contributed by atoms with van der Waals surface area (Å²) in [7, 11) is 0. The van der Waals surface area contributed by atoms with Gasteiger partial charge in [-0.3, -0.25) is 0 Å². The third-order valence-corrected chi connectivity index (χ3v) is 1.48. The van der Waals surface area contributed by atoms with E-state index in [-0.39, 0.29) is 0 Å². The van der Waals surface area contributed by atoms with E-state index in [0.29, 0.717) is 6.42 Å². The molecule has 0 unspecified atom stereocenters. The predicted molar refractivity (Wildman–Crippen MR) is 39.8 cm³/mol. The first-order valence-corrected chi connectivity index (χ1v) is 3.42. The first-order valence-electron chi connectivity index (χ1n) is 3.42. The van der Waals surface area contributed by atoms with E-state index in [1.54, 1.807) is 6.08 Å². The van der Waals surface area contributed by atoms with Gasteiger partial charge in [-0.1, -0.05) is 6.08 Å². The average molecular weight is 154 g/mol. The van der Waals surface area contributed by atoms with Crippen molar-refractivity contribution in [1.29, 1.82) is 0 Å². The van der Waals surface area contributed by atoms with Crippen LogP contribution in [0.5, 0.6) is 0 Å². The molecule has 1 rings (SSSR count). The first kappa shape index (κ1) is 8.01. The zero-order valence-electron chi connectivity index (χ0n) is 6.06. The molecule has 1 heterocycles. The summed E-state index contributed by atoms with van der Waals surface area (Å²) in [6, 6.07) is 0. The first-order chi connectivity index (χ1) is 5.24. The van der Waals surface area contributed by atoms with Crippen molar-refractivity contribution < 1.29 is 14.6 Å². The molecular weight excluding hydrogens is 144 g/mol. The highest BCUT2D eigenvalue weighted by Gasteiger charge is 2.22. The van der Waals surface area contributed by atoms with Crippen LogP contribution >= 0.6 is 0 Å². The lowest BCUT2D eigenvalue weighted by atomic mass is 10.1. The van der Waals surface area contributed by atoms with Crippen LogP contribution in [-0.2, 0) is 9.53 Å². The molecule has 11 heavy (non-hydrogen) atoms. The topological polar surface area (TPSA) is 46.5 Å². The number of esters is 1. The number of hydrogen-bond donors (Lipinski definition) is 1. The van der Waals surface area contributed by atoms with Crippen molar-refractivity contribution in [3.8, 4) is 0 Å². The number of aliphatic hydroxyl groups is 1. The summed E-state index contributed by atoms with van der Waals surface area (Å²) >= 11 is 0. The summed E-state index contributed by atoms with van der Waals surface area (Å²) in [6.07, 6.45) is 3.61. The van der Waals surface area contributed by atoms with Crippen molar-refractivity contribution in [2.24, 2.45) is 0 Å². The number of rotatable bonds is 2.